The minimum absolute atomic E-state index is 0.0102. The molecule has 2 unspecified atom stereocenters. The van der Waals surface area contributed by atoms with Gasteiger partial charge in [0.25, 0.3) is 0 Å². The largest absolute Gasteiger partial charge is 0.355 e. The Balaban J connectivity index is 2.37. The monoisotopic (exact) mass is 255 g/mol. The molecule has 0 aromatic rings. The average Bonchev–Trinajstić information content (AvgIpc) is 2.69. The van der Waals surface area contributed by atoms with Crippen molar-refractivity contribution >= 4 is 11.8 Å². The summed E-state index contributed by atoms with van der Waals surface area (Å²) in [7, 11) is 4.06. The van der Waals surface area contributed by atoms with Gasteiger partial charge in [0, 0.05) is 25.6 Å². The van der Waals surface area contributed by atoms with Gasteiger partial charge in [-0.3, -0.25) is 9.59 Å². The third-order valence-electron chi connectivity index (χ3n) is 3.33. The molecule has 2 N–H and O–H groups in total. The molecule has 1 rings (SSSR count). The fourth-order valence-electron chi connectivity index (χ4n) is 2.17. The summed E-state index contributed by atoms with van der Waals surface area (Å²) in [6, 6.07) is 0.346. The van der Waals surface area contributed by atoms with Crippen molar-refractivity contribution in [1.82, 2.24) is 15.5 Å². The molecular weight excluding hydrogens is 230 g/mol. The number of hydrogen-bond acceptors (Lipinski definition) is 3. The highest BCUT2D eigenvalue weighted by Crippen LogP contribution is 2.11. The number of nitrogens with zero attached hydrogens (tertiary/aromatic N) is 1. The Labute approximate surface area is 109 Å². The first kappa shape index (κ1) is 15.0. The molecule has 0 aromatic carbocycles. The lowest BCUT2D eigenvalue weighted by Gasteiger charge is -2.26. The molecule has 1 aliphatic heterocycles. The first-order valence-electron chi connectivity index (χ1n) is 6.61. The molecule has 0 saturated carbocycles. The Kier molecular flexibility index (Phi) is 5.59. The van der Waals surface area contributed by atoms with Crippen LogP contribution < -0.4 is 10.6 Å². The maximum atomic E-state index is 11.9. The van der Waals surface area contributed by atoms with Gasteiger partial charge in [0.1, 0.15) is 0 Å². The smallest absolute Gasteiger partial charge is 0.225 e. The number of likely N-dealkylation sites (N-methyl/N-ethyl adjacent to an activating group) is 1. The van der Waals surface area contributed by atoms with Crippen LogP contribution in [0.5, 0.6) is 0 Å². The molecule has 1 saturated heterocycles. The topological polar surface area (TPSA) is 61.4 Å². The summed E-state index contributed by atoms with van der Waals surface area (Å²) in [5.74, 6) is 0.369. The first-order chi connectivity index (χ1) is 8.40. The van der Waals surface area contributed by atoms with Crippen LogP contribution in [0.2, 0.25) is 0 Å². The zero-order chi connectivity index (χ0) is 13.7. The van der Waals surface area contributed by atoms with E-state index < -0.39 is 0 Å². The Hall–Kier alpha value is -1.10. The lowest BCUT2D eigenvalue weighted by molar-refractivity contribution is -0.126. The van der Waals surface area contributed by atoms with Crippen molar-refractivity contribution in [3.63, 3.8) is 0 Å². The molecule has 1 fully saturated rings. The normalized spacial score (nSPS) is 21.2. The number of hydrogen-bond donors (Lipinski definition) is 2. The molecule has 0 radical (unpaired) electrons. The van der Waals surface area contributed by atoms with Gasteiger partial charge < -0.3 is 15.5 Å². The summed E-state index contributed by atoms with van der Waals surface area (Å²) in [4.78, 5) is 25.1. The molecule has 2 amide bonds. The lowest BCUT2D eigenvalue weighted by Crippen LogP contribution is -2.43. The summed E-state index contributed by atoms with van der Waals surface area (Å²) >= 11 is 0. The van der Waals surface area contributed by atoms with Gasteiger partial charge in [-0.05, 0) is 26.4 Å². The maximum absolute atomic E-state index is 11.9. The van der Waals surface area contributed by atoms with Crippen LogP contribution in [0.15, 0.2) is 0 Å². The second-order valence-electron chi connectivity index (χ2n) is 5.70. The van der Waals surface area contributed by atoms with Crippen molar-refractivity contribution < 1.29 is 9.59 Å². The van der Waals surface area contributed by atoms with Crippen molar-refractivity contribution in [1.29, 1.82) is 0 Å². The number of nitrogens with one attached hydrogen (secondary N) is 2. The van der Waals surface area contributed by atoms with E-state index in [0.717, 1.165) is 6.42 Å². The first-order valence-corrected chi connectivity index (χ1v) is 6.61. The fraction of sp³-hybridized carbons (Fsp3) is 0.846. The van der Waals surface area contributed by atoms with Crippen LogP contribution in [-0.4, -0.2) is 49.9 Å². The number of rotatable bonds is 6. The zero-order valence-corrected chi connectivity index (χ0v) is 11.8. The Morgan fingerprint density at radius 2 is 2.17 bits per heavy atom. The Bertz CT molecular complexity index is 303. The van der Waals surface area contributed by atoms with E-state index in [2.05, 4.69) is 29.4 Å². The third-order valence-corrected chi connectivity index (χ3v) is 3.33. The van der Waals surface area contributed by atoms with Crippen LogP contribution in [0, 0.1) is 11.8 Å². The molecule has 18 heavy (non-hydrogen) atoms. The Morgan fingerprint density at radius 3 is 2.61 bits per heavy atom. The summed E-state index contributed by atoms with van der Waals surface area (Å²) in [5.41, 5.74) is 0. The molecule has 0 aromatic heterocycles. The van der Waals surface area contributed by atoms with Gasteiger partial charge in [0.15, 0.2) is 0 Å². The van der Waals surface area contributed by atoms with Crippen molar-refractivity contribution in [3.8, 4) is 0 Å². The quantitative estimate of drug-likeness (QED) is 0.713. The van der Waals surface area contributed by atoms with Crippen molar-refractivity contribution in [2.45, 2.75) is 32.7 Å². The molecule has 1 aliphatic rings. The number of carbonyl (C=O) groups excluding carboxylic acids is 2. The van der Waals surface area contributed by atoms with Crippen molar-refractivity contribution in [2.75, 3.05) is 27.2 Å². The third kappa shape index (κ3) is 4.64. The van der Waals surface area contributed by atoms with Gasteiger partial charge in [-0.25, -0.2) is 0 Å². The standard InChI is InChI=1S/C13H25N3O2/c1-9(2)5-11(16(3)4)8-15-13(18)10-6-12(17)14-7-10/h9-11H,5-8H2,1-4H3,(H,14,17)(H,15,18). The molecule has 104 valence electrons. The summed E-state index contributed by atoms with van der Waals surface area (Å²) in [6.45, 7) is 5.48. The molecule has 5 nitrogen and oxygen atoms in total. The minimum atomic E-state index is -0.195. The van der Waals surface area contributed by atoms with Gasteiger partial charge in [-0.2, -0.15) is 0 Å². The van der Waals surface area contributed by atoms with Crippen LogP contribution in [0.25, 0.3) is 0 Å². The SMILES string of the molecule is CC(C)CC(CNC(=O)C1CNC(=O)C1)N(C)C. The van der Waals surface area contributed by atoms with E-state index in [1.54, 1.807) is 0 Å². The fourth-order valence-corrected chi connectivity index (χ4v) is 2.17. The van der Waals surface area contributed by atoms with Crippen LogP contribution in [0.1, 0.15) is 26.7 Å². The van der Waals surface area contributed by atoms with E-state index in [9.17, 15) is 9.59 Å². The van der Waals surface area contributed by atoms with Gasteiger partial charge in [0.05, 0.1) is 5.92 Å². The molecule has 1 heterocycles. The highest BCUT2D eigenvalue weighted by molar-refractivity contribution is 5.89. The van der Waals surface area contributed by atoms with Crippen LogP contribution >= 0.6 is 0 Å². The lowest BCUT2D eigenvalue weighted by atomic mass is 10.0. The summed E-state index contributed by atoms with van der Waals surface area (Å²) in [5, 5.41) is 5.64. The Morgan fingerprint density at radius 1 is 1.50 bits per heavy atom. The van der Waals surface area contributed by atoms with Crippen LogP contribution in [0.4, 0.5) is 0 Å². The molecule has 0 spiro atoms. The number of carbonyl (C=O) groups is 2. The maximum Gasteiger partial charge on any atom is 0.225 e. The van der Waals surface area contributed by atoms with Gasteiger partial charge in [0.2, 0.25) is 11.8 Å². The minimum Gasteiger partial charge on any atom is -0.355 e. The molecular formula is C13H25N3O2. The van der Waals surface area contributed by atoms with Crippen LogP contribution in [0.3, 0.4) is 0 Å². The molecule has 2 atom stereocenters. The second kappa shape index (κ2) is 6.73. The van der Waals surface area contributed by atoms with Crippen LogP contribution in [-0.2, 0) is 9.59 Å². The van der Waals surface area contributed by atoms with E-state index in [1.807, 2.05) is 14.1 Å². The van der Waals surface area contributed by atoms with Gasteiger partial charge >= 0.3 is 0 Å². The van der Waals surface area contributed by atoms with E-state index in [-0.39, 0.29) is 17.7 Å². The molecule has 5 heteroatoms. The van der Waals surface area contributed by atoms with E-state index in [0.29, 0.717) is 31.5 Å². The average molecular weight is 255 g/mol. The van der Waals surface area contributed by atoms with E-state index in [1.165, 1.54) is 0 Å². The number of amides is 2. The molecule has 0 bridgehead atoms. The summed E-state index contributed by atoms with van der Waals surface area (Å²) in [6.07, 6.45) is 1.37. The van der Waals surface area contributed by atoms with Crippen molar-refractivity contribution in [3.05, 3.63) is 0 Å². The summed E-state index contributed by atoms with van der Waals surface area (Å²) < 4.78 is 0. The predicted octanol–water partition coefficient (Wildman–Crippen LogP) is 0.215. The van der Waals surface area contributed by atoms with Gasteiger partial charge in [-0.1, -0.05) is 13.8 Å². The van der Waals surface area contributed by atoms with Crippen molar-refractivity contribution in [2.24, 2.45) is 11.8 Å². The highest BCUT2D eigenvalue weighted by Gasteiger charge is 2.28. The zero-order valence-electron chi connectivity index (χ0n) is 11.8. The van der Waals surface area contributed by atoms with E-state index >= 15 is 0 Å². The highest BCUT2D eigenvalue weighted by atomic mass is 16.2. The predicted molar refractivity (Wildman–Crippen MR) is 71.1 cm³/mol. The molecule has 0 aliphatic carbocycles. The van der Waals surface area contributed by atoms with E-state index in [4.69, 9.17) is 0 Å². The van der Waals surface area contributed by atoms with Gasteiger partial charge in [-0.15, -0.1) is 0 Å². The second-order valence-corrected chi connectivity index (χ2v) is 5.70.